The van der Waals surface area contributed by atoms with E-state index in [0.29, 0.717) is 17.9 Å². The first-order chi connectivity index (χ1) is 16.6. The summed E-state index contributed by atoms with van der Waals surface area (Å²) in [6, 6.07) is 4.82. The summed E-state index contributed by atoms with van der Waals surface area (Å²) in [6.07, 6.45) is 10.8. The van der Waals surface area contributed by atoms with E-state index in [1.54, 1.807) is 6.20 Å². The molecule has 0 radical (unpaired) electrons. The Morgan fingerprint density at radius 3 is 2.53 bits per heavy atom. The Kier molecular flexibility index (Phi) is 8.31. The van der Waals surface area contributed by atoms with Crippen molar-refractivity contribution in [1.82, 2.24) is 25.6 Å². The number of amidine groups is 1. The number of nitrogens with one attached hydrogen (secondary N) is 3. The highest BCUT2D eigenvalue weighted by Gasteiger charge is 2.24. The van der Waals surface area contributed by atoms with E-state index in [-0.39, 0.29) is 0 Å². The van der Waals surface area contributed by atoms with Gasteiger partial charge >= 0.3 is 0 Å². The smallest absolute Gasteiger partial charge is 0.131 e. The van der Waals surface area contributed by atoms with Gasteiger partial charge in [-0.25, -0.2) is 15.0 Å². The number of nitrogens with two attached hydrogens (primary N) is 1. The highest BCUT2D eigenvalue weighted by molar-refractivity contribution is 6.00. The summed E-state index contributed by atoms with van der Waals surface area (Å²) in [5.41, 5.74) is 10.4. The maximum Gasteiger partial charge on any atom is 0.131 e. The third-order valence-electron chi connectivity index (χ3n) is 6.98. The third kappa shape index (κ3) is 5.84. The molecule has 0 unspecified atom stereocenters. The molecule has 2 aromatic rings. The van der Waals surface area contributed by atoms with Crippen molar-refractivity contribution in [3.63, 3.8) is 0 Å². The van der Waals surface area contributed by atoms with Crippen LogP contribution >= 0.6 is 0 Å². The molecule has 2 saturated heterocycles. The molecule has 2 aliphatic heterocycles. The van der Waals surface area contributed by atoms with Crippen LogP contribution in [0.15, 0.2) is 35.7 Å². The van der Waals surface area contributed by atoms with E-state index in [0.717, 1.165) is 86.6 Å². The molecule has 9 nitrogen and oxygen atoms in total. The molecule has 2 fully saturated rings. The molecular formula is C25H39N9. The second-order valence-corrected chi connectivity index (χ2v) is 9.19. The number of nitrogens with zero attached hydrogens (tertiary/aromatic N) is 5. The fourth-order valence-corrected chi connectivity index (χ4v) is 4.82. The average Bonchev–Trinajstić information content (AvgIpc) is 2.89. The van der Waals surface area contributed by atoms with Crippen LogP contribution in [0.3, 0.4) is 0 Å². The number of anilines is 2. The number of aliphatic imine (C=N–C) groups is 1. The number of hydrogen-bond donors (Lipinski definition) is 4. The molecule has 0 amide bonds. The molecule has 0 saturated carbocycles. The lowest BCUT2D eigenvalue weighted by Crippen LogP contribution is -2.49. The Balaban J connectivity index is 1.59. The van der Waals surface area contributed by atoms with Gasteiger partial charge in [-0.1, -0.05) is 6.92 Å². The van der Waals surface area contributed by atoms with E-state index in [4.69, 9.17) is 10.7 Å². The summed E-state index contributed by atoms with van der Waals surface area (Å²) in [7, 11) is 4.27. The van der Waals surface area contributed by atoms with Crippen LogP contribution in [0.1, 0.15) is 43.7 Å². The van der Waals surface area contributed by atoms with Crippen molar-refractivity contribution in [2.45, 2.75) is 51.1 Å². The molecule has 0 atom stereocenters. The van der Waals surface area contributed by atoms with Crippen LogP contribution in [-0.4, -0.2) is 73.2 Å². The van der Waals surface area contributed by atoms with Crippen molar-refractivity contribution in [2.75, 3.05) is 50.6 Å². The van der Waals surface area contributed by atoms with Crippen molar-refractivity contribution < 1.29 is 0 Å². The molecule has 5 N–H and O–H groups in total. The average molecular weight is 466 g/mol. The standard InChI is InChI=1S/C25H39N9/c1-4-18-16-29-17-22(24(18)34(3)33(2)21-8-12-28-13-9-21)32-25(26)19-5-14-30-23(15-19)31-20-6-10-27-11-7-20/h5,14-17,20-21,27-28H,4,6-13H2,1-3H3,(H2,26,32)(H,30,31). The van der Waals surface area contributed by atoms with Crippen LogP contribution in [0, 0.1) is 0 Å². The zero-order valence-electron chi connectivity index (χ0n) is 20.7. The molecule has 9 heteroatoms. The minimum absolute atomic E-state index is 0.429. The topological polar surface area (TPSA) is 107 Å². The van der Waals surface area contributed by atoms with Gasteiger partial charge in [-0.2, -0.15) is 0 Å². The number of piperidine rings is 2. The first kappa shape index (κ1) is 24.4. The van der Waals surface area contributed by atoms with Crippen LogP contribution < -0.4 is 26.7 Å². The van der Waals surface area contributed by atoms with E-state index in [2.05, 4.69) is 57.0 Å². The normalized spacial score (nSPS) is 18.3. The number of hydrazine groups is 1. The number of hydrogen-bond acceptors (Lipinski definition) is 8. The Bertz CT molecular complexity index is 965. The van der Waals surface area contributed by atoms with Gasteiger partial charge < -0.3 is 26.7 Å². The molecule has 2 aliphatic rings. The van der Waals surface area contributed by atoms with Gasteiger partial charge in [-0.05, 0) is 76.0 Å². The van der Waals surface area contributed by atoms with E-state index in [9.17, 15) is 0 Å². The van der Waals surface area contributed by atoms with Crippen molar-refractivity contribution in [1.29, 1.82) is 0 Å². The quantitative estimate of drug-likeness (QED) is 0.267. The van der Waals surface area contributed by atoms with Gasteiger partial charge in [0.25, 0.3) is 0 Å². The minimum Gasteiger partial charge on any atom is -0.383 e. The summed E-state index contributed by atoms with van der Waals surface area (Å²) in [5, 5.41) is 14.9. The van der Waals surface area contributed by atoms with Crippen LogP contribution in [0.4, 0.5) is 17.2 Å². The monoisotopic (exact) mass is 465 g/mol. The molecule has 2 aromatic heterocycles. The zero-order valence-corrected chi connectivity index (χ0v) is 20.7. The Hall–Kier alpha value is -2.75. The van der Waals surface area contributed by atoms with Gasteiger partial charge in [0.15, 0.2) is 0 Å². The van der Waals surface area contributed by atoms with Gasteiger partial charge in [-0.3, -0.25) is 4.98 Å². The van der Waals surface area contributed by atoms with Crippen LogP contribution in [-0.2, 0) is 6.42 Å². The summed E-state index contributed by atoms with van der Waals surface area (Å²) >= 11 is 0. The van der Waals surface area contributed by atoms with Gasteiger partial charge in [0, 0.05) is 44.1 Å². The largest absolute Gasteiger partial charge is 0.383 e. The van der Waals surface area contributed by atoms with E-state index < -0.39 is 0 Å². The second kappa shape index (κ2) is 11.6. The molecule has 4 heterocycles. The fraction of sp³-hybridized carbons (Fsp3) is 0.560. The van der Waals surface area contributed by atoms with Crippen molar-refractivity contribution in [2.24, 2.45) is 10.7 Å². The van der Waals surface area contributed by atoms with Gasteiger partial charge in [0.05, 0.1) is 11.9 Å². The third-order valence-corrected chi connectivity index (χ3v) is 6.98. The number of pyridine rings is 2. The first-order valence-corrected chi connectivity index (χ1v) is 12.5. The second-order valence-electron chi connectivity index (χ2n) is 9.19. The number of rotatable bonds is 8. The van der Waals surface area contributed by atoms with Crippen LogP contribution in [0.2, 0.25) is 0 Å². The lowest BCUT2D eigenvalue weighted by Gasteiger charge is -2.39. The molecule has 0 aliphatic carbocycles. The molecule has 184 valence electrons. The number of aryl methyl sites for hydroxylation is 1. The van der Waals surface area contributed by atoms with Gasteiger partial charge in [0.2, 0.25) is 0 Å². The number of aromatic nitrogens is 2. The molecule has 0 spiro atoms. The highest BCUT2D eigenvalue weighted by Crippen LogP contribution is 2.33. The van der Waals surface area contributed by atoms with Gasteiger partial charge in [0.1, 0.15) is 17.3 Å². The molecule has 0 aromatic carbocycles. The summed E-state index contributed by atoms with van der Waals surface area (Å²) < 4.78 is 0. The Labute approximate surface area is 203 Å². The summed E-state index contributed by atoms with van der Waals surface area (Å²) in [4.78, 5) is 13.8. The van der Waals surface area contributed by atoms with Gasteiger partial charge in [-0.15, -0.1) is 0 Å². The lowest BCUT2D eigenvalue weighted by molar-refractivity contribution is 0.191. The van der Waals surface area contributed by atoms with E-state index in [1.807, 2.05) is 24.5 Å². The Morgan fingerprint density at radius 2 is 1.82 bits per heavy atom. The fourth-order valence-electron chi connectivity index (χ4n) is 4.82. The molecule has 4 rings (SSSR count). The molecule has 0 bridgehead atoms. The predicted octanol–water partition coefficient (Wildman–Crippen LogP) is 2.27. The highest BCUT2D eigenvalue weighted by atomic mass is 15.6. The van der Waals surface area contributed by atoms with Crippen LogP contribution in [0.5, 0.6) is 0 Å². The summed E-state index contributed by atoms with van der Waals surface area (Å²) in [5.74, 6) is 1.30. The van der Waals surface area contributed by atoms with Crippen molar-refractivity contribution in [3.8, 4) is 0 Å². The minimum atomic E-state index is 0.429. The van der Waals surface area contributed by atoms with Crippen molar-refractivity contribution in [3.05, 3.63) is 41.9 Å². The maximum absolute atomic E-state index is 6.52. The van der Waals surface area contributed by atoms with E-state index in [1.165, 1.54) is 0 Å². The maximum atomic E-state index is 6.52. The van der Waals surface area contributed by atoms with Crippen LogP contribution in [0.25, 0.3) is 0 Å². The predicted molar refractivity (Wildman–Crippen MR) is 140 cm³/mol. The Morgan fingerprint density at radius 1 is 1.12 bits per heavy atom. The molecule has 34 heavy (non-hydrogen) atoms. The summed E-state index contributed by atoms with van der Waals surface area (Å²) in [6.45, 7) is 6.31. The SMILES string of the molecule is CCc1cncc(N=C(N)c2ccnc(NC3CCNCC3)c2)c1N(C)N(C)C1CCNCC1. The first-order valence-electron chi connectivity index (χ1n) is 12.5. The van der Waals surface area contributed by atoms with E-state index >= 15 is 0 Å². The molecular weight excluding hydrogens is 426 g/mol. The zero-order chi connectivity index (χ0) is 23.9. The lowest BCUT2D eigenvalue weighted by atomic mass is 10.1. The van der Waals surface area contributed by atoms with Crippen molar-refractivity contribution >= 4 is 23.0 Å².